The van der Waals surface area contributed by atoms with Gasteiger partial charge in [-0.15, -0.1) is 0 Å². The molecule has 0 radical (unpaired) electrons. The van der Waals surface area contributed by atoms with Crippen LogP contribution in [0.2, 0.25) is 0 Å². The van der Waals surface area contributed by atoms with E-state index >= 15 is 0 Å². The Balaban J connectivity index is 1.50. The highest BCUT2D eigenvalue weighted by atomic mass is 16.2. The predicted octanol–water partition coefficient (Wildman–Crippen LogP) is 6.25. The Bertz CT molecular complexity index is 1370. The minimum atomic E-state index is -0.273. The lowest BCUT2D eigenvalue weighted by Gasteiger charge is -2.21. The van der Waals surface area contributed by atoms with Crippen LogP contribution in [0.15, 0.2) is 84.9 Å². The van der Waals surface area contributed by atoms with Crippen LogP contribution in [0.1, 0.15) is 49.3 Å². The zero-order valence-corrected chi connectivity index (χ0v) is 22.2. The number of likely N-dealkylation sites (N-methyl/N-ethyl adjacent to an activating group) is 1. The highest BCUT2D eigenvalue weighted by Crippen LogP contribution is 2.26. The third kappa shape index (κ3) is 6.15. The van der Waals surface area contributed by atoms with Gasteiger partial charge in [-0.2, -0.15) is 5.10 Å². The van der Waals surface area contributed by atoms with Crippen molar-refractivity contribution in [2.45, 2.75) is 40.0 Å². The molecule has 0 unspecified atom stereocenters. The molecule has 6 heteroatoms. The maximum atomic E-state index is 13.2. The number of carbonyl (C=O) groups excluding carboxylic acids is 2. The number of carbonyl (C=O) groups is 2. The van der Waals surface area contributed by atoms with Crippen molar-refractivity contribution in [2.75, 3.05) is 18.4 Å². The van der Waals surface area contributed by atoms with Crippen molar-refractivity contribution in [1.29, 1.82) is 0 Å². The molecule has 3 aromatic carbocycles. The maximum absolute atomic E-state index is 13.2. The van der Waals surface area contributed by atoms with Gasteiger partial charge in [0.15, 0.2) is 0 Å². The summed E-state index contributed by atoms with van der Waals surface area (Å²) >= 11 is 0. The standard InChI is InChI=1S/C31H34N4O2/c1-6-34(30(37)25-16-14-24(15-17-25)23-10-8-7-9-11-23)21-29(36)32-28-20-27(31(3,4)5)33-35(28)26-18-12-22(2)13-19-26/h7-20H,6,21H2,1-5H3,(H,32,36). The molecule has 37 heavy (non-hydrogen) atoms. The topological polar surface area (TPSA) is 67.2 Å². The van der Waals surface area contributed by atoms with Gasteiger partial charge >= 0.3 is 0 Å². The number of amides is 2. The summed E-state index contributed by atoms with van der Waals surface area (Å²) in [6.07, 6.45) is 0. The number of nitrogens with one attached hydrogen (secondary N) is 1. The van der Waals surface area contributed by atoms with E-state index in [0.29, 0.717) is 17.9 Å². The second kappa shape index (κ2) is 10.8. The fourth-order valence-corrected chi connectivity index (χ4v) is 4.02. The summed E-state index contributed by atoms with van der Waals surface area (Å²) < 4.78 is 1.75. The zero-order chi connectivity index (χ0) is 26.6. The molecule has 0 atom stereocenters. The first kappa shape index (κ1) is 25.9. The summed E-state index contributed by atoms with van der Waals surface area (Å²) in [5.74, 6) is 0.124. The Morgan fingerprint density at radius 3 is 2.11 bits per heavy atom. The summed E-state index contributed by atoms with van der Waals surface area (Å²) in [7, 11) is 0. The molecular formula is C31H34N4O2. The number of aromatic nitrogens is 2. The summed E-state index contributed by atoms with van der Waals surface area (Å²) in [5, 5.41) is 7.76. The minimum absolute atomic E-state index is 0.0559. The molecule has 1 aromatic heterocycles. The Morgan fingerprint density at radius 2 is 1.51 bits per heavy atom. The van der Waals surface area contributed by atoms with Crippen LogP contribution in [-0.4, -0.2) is 39.6 Å². The molecular weight excluding hydrogens is 460 g/mol. The van der Waals surface area contributed by atoms with E-state index < -0.39 is 0 Å². The van der Waals surface area contributed by atoms with E-state index in [1.807, 2.05) is 98.8 Å². The fourth-order valence-electron chi connectivity index (χ4n) is 4.02. The summed E-state index contributed by atoms with van der Waals surface area (Å²) in [6, 6.07) is 27.4. The van der Waals surface area contributed by atoms with Crippen molar-refractivity contribution in [3.05, 3.63) is 102 Å². The molecule has 0 aliphatic rings. The highest BCUT2D eigenvalue weighted by molar-refractivity contribution is 5.99. The average Bonchev–Trinajstić information content (AvgIpc) is 3.32. The van der Waals surface area contributed by atoms with Gasteiger partial charge in [0.2, 0.25) is 5.91 Å². The number of rotatable bonds is 7. The molecule has 0 saturated heterocycles. The van der Waals surface area contributed by atoms with Gasteiger partial charge in [-0.1, -0.05) is 80.9 Å². The van der Waals surface area contributed by atoms with E-state index in [-0.39, 0.29) is 23.8 Å². The summed E-state index contributed by atoms with van der Waals surface area (Å²) in [5.41, 5.74) is 5.36. The molecule has 190 valence electrons. The number of aryl methyl sites for hydroxylation is 1. The Hall–Kier alpha value is -4.19. The second-order valence-electron chi connectivity index (χ2n) is 10.2. The third-order valence-electron chi connectivity index (χ3n) is 6.27. The maximum Gasteiger partial charge on any atom is 0.254 e. The molecule has 0 aliphatic heterocycles. The van der Waals surface area contributed by atoms with Crippen LogP contribution >= 0.6 is 0 Å². The van der Waals surface area contributed by atoms with E-state index in [0.717, 1.165) is 28.1 Å². The number of hydrogen-bond acceptors (Lipinski definition) is 3. The van der Waals surface area contributed by atoms with E-state index in [2.05, 4.69) is 26.1 Å². The smallest absolute Gasteiger partial charge is 0.254 e. The van der Waals surface area contributed by atoms with Crippen LogP contribution in [0.25, 0.3) is 16.8 Å². The number of benzene rings is 3. The van der Waals surface area contributed by atoms with Gasteiger partial charge in [0.05, 0.1) is 11.4 Å². The Labute approximate surface area is 218 Å². The molecule has 1 N–H and O–H groups in total. The molecule has 0 spiro atoms. The molecule has 1 heterocycles. The van der Waals surface area contributed by atoms with Crippen LogP contribution < -0.4 is 5.32 Å². The van der Waals surface area contributed by atoms with Crippen molar-refractivity contribution in [1.82, 2.24) is 14.7 Å². The first-order valence-electron chi connectivity index (χ1n) is 12.6. The molecule has 0 aliphatic carbocycles. The van der Waals surface area contributed by atoms with Gasteiger partial charge in [-0.3, -0.25) is 9.59 Å². The van der Waals surface area contributed by atoms with Crippen molar-refractivity contribution in [3.8, 4) is 16.8 Å². The first-order valence-corrected chi connectivity index (χ1v) is 12.6. The second-order valence-corrected chi connectivity index (χ2v) is 10.2. The van der Waals surface area contributed by atoms with Crippen LogP contribution in [0.3, 0.4) is 0 Å². The van der Waals surface area contributed by atoms with E-state index in [4.69, 9.17) is 5.10 Å². The largest absolute Gasteiger partial charge is 0.330 e. The average molecular weight is 495 g/mol. The number of anilines is 1. The third-order valence-corrected chi connectivity index (χ3v) is 6.27. The van der Waals surface area contributed by atoms with E-state index in [1.54, 1.807) is 9.58 Å². The minimum Gasteiger partial charge on any atom is -0.330 e. The quantitative estimate of drug-likeness (QED) is 0.330. The molecule has 6 nitrogen and oxygen atoms in total. The van der Waals surface area contributed by atoms with Gasteiger partial charge in [-0.25, -0.2) is 4.68 Å². The van der Waals surface area contributed by atoms with Crippen LogP contribution in [0.4, 0.5) is 5.82 Å². The van der Waals surface area contributed by atoms with Crippen molar-refractivity contribution in [3.63, 3.8) is 0 Å². The van der Waals surface area contributed by atoms with Crippen LogP contribution in [0.5, 0.6) is 0 Å². The van der Waals surface area contributed by atoms with E-state index in [9.17, 15) is 9.59 Å². The van der Waals surface area contributed by atoms with Gasteiger partial charge < -0.3 is 10.2 Å². The molecule has 0 bridgehead atoms. The lowest BCUT2D eigenvalue weighted by Crippen LogP contribution is -2.38. The Morgan fingerprint density at radius 1 is 0.892 bits per heavy atom. The number of nitrogens with zero attached hydrogens (tertiary/aromatic N) is 3. The van der Waals surface area contributed by atoms with Gasteiger partial charge in [0, 0.05) is 23.6 Å². The molecule has 4 rings (SSSR count). The van der Waals surface area contributed by atoms with Gasteiger partial charge in [0.1, 0.15) is 12.4 Å². The van der Waals surface area contributed by atoms with Crippen molar-refractivity contribution < 1.29 is 9.59 Å². The van der Waals surface area contributed by atoms with Gasteiger partial charge in [0.25, 0.3) is 5.91 Å². The SMILES string of the molecule is CCN(CC(=O)Nc1cc(C(C)(C)C)nn1-c1ccc(C)cc1)C(=O)c1ccc(-c2ccccc2)cc1. The summed E-state index contributed by atoms with van der Waals surface area (Å²) in [6.45, 7) is 10.5. The first-order chi connectivity index (χ1) is 17.7. The predicted molar refractivity (Wildman–Crippen MR) is 149 cm³/mol. The Kier molecular flexibility index (Phi) is 7.58. The highest BCUT2D eigenvalue weighted by Gasteiger charge is 2.23. The lowest BCUT2D eigenvalue weighted by molar-refractivity contribution is -0.116. The summed E-state index contributed by atoms with van der Waals surface area (Å²) in [4.78, 5) is 27.8. The molecule has 0 fully saturated rings. The van der Waals surface area contributed by atoms with Crippen molar-refractivity contribution >= 4 is 17.6 Å². The van der Waals surface area contributed by atoms with E-state index in [1.165, 1.54) is 0 Å². The van der Waals surface area contributed by atoms with Gasteiger partial charge in [-0.05, 0) is 49.2 Å². The fraction of sp³-hybridized carbons (Fsp3) is 0.258. The normalized spacial score (nSPS) is 11.3. The lowest BCUT2D eigenvalue weighted by atomic mass is 9.92. The monoisotopic (exact) mass is 494 g/mol. The molecule has 2 amide bonds. The molecule has 0 saturated carbocycles. The van der Waals surface area contributed by atoms with Crippen LogP contribution in [-0.2, 0) is 10.2 Å². The number of hydrogen-bond donors (Lipinski definition) is 1. The zero-order valence-electron chi connectivity index (χ0n) is 22.2. The molecule has 4 aromatic rings. The van der Waals surface area contributed by atoms with Crippen molar-refractivity contribution in [2.24, 2.45) is 0 Å². The van der Waals surface area contributed by atoms with Crippen LogP contribution in [0, 0.1) is 6.92 Å².